The maximum Gasteiger partial charge on any atom is 0.124 e. The van der Waals surface area contributed by atoms with Crippen LogP contribution < -0.4 is 10.1 Å². The van der Waals surface area contributed by atoms with Gasteiger partial charge in [-0.1, -0.05) is 18.5 Å². The van der Waals surface area contributed by atoms with Crippen molar-refractivity contribution in [1.82, 2.24) is 15.3 Å². The first-order valence-electron chi connectivity index (χ1n) is 6.08. The van der Waals surface area contributed by atoms with Gasteiger partial charge in [0.2, 0.25) is 0 Å². The molecule has 5 heteroatoms. The lowest BCUT2D eigenvalue weighted by atomic mass is 10.00. The average molecular weight is 278 g/mol. The Morgan fingerprint density at radius 2 is 2.05 bits per heavy atom. The van der Waals surface area contributed by atoms with Gasteiger partial charge in [-0.3, -0.25) is 0 Å². The predicted molar refractivity (Wildman–Crippen MR) is 75.6 cm³/mol. The van der Waals surface area contributed by atoms with Crippen molar-refractivity contribution in [3.63, 3.8) is 0 Å². The molecule has 0 amide bonds. The van der Waals surface area contributed by atoms with Crippen LogP contribution in [0.25, 0.3) is 0 Å². The summed E-state index contributed by atoms with van der Waals surface area (Å²) in [6, 6.07) is 5.54. The summed E-state index contributed by atoms with van der Waals surface area (Å²) in [7, 11) is 1.65. The van der Waals surface area contributed by atoms with Crippen molar-refractivity contribution in [2.75, 3.05) is 13.7 Å². The van der Waals surface area contributed by atoms with Gasteiger partial charge in [0.1, 0.15) is 12.1 Å². The molecule has 1 atom stereocenters. The molecule has 0 aliphatic rings. The summed E-state index contributed by atoms with van der Waals surface area (Å²) < 4.78 is 5.41. The third kappa shape index (κ3) is 3.22. The van der Waals surface area contributed by atoms with E-state index in [-0.39, 0.29) is 6.04 Å². The third-order valence-electron chi connectivity index (χ3n) is 2.82. The molecule has 0 fully saturated rings. The second kappa shape index (κ2) is 6.50. The monoisotopic (exact) mass is 277 g/mol. The van der Waals surface area contributed by atoms with Crippen molar-refractivity contribution in [1.29, 1.82) is 0 Å². The van der Waals surface area contributed by atoms with E-state index in [9.17, 15) is 0 Å². The molecule has 0 aliphatic heterocycles. The van der Waals surface area contributed by atoms with Crippen LogP contribution >= 0.6 is 11.6 Å². The van der Waals surface area contributed by atoms with Crippen LogP contribution in [0.2, 0.25) is 5.02 Å². The summed E-state index contributed by atoms with van der Waals surface area (Å²) in [6.45, 7) is 2.86. The highest BCUT2D eigenvalue weighted by molar-refractivity contribution is 6.30. The molecule has 1 heterocycles. The number of aromatic nitrogens is 2. The van der Waals surface area contributed by atoms with Gasteiger partial charge in [-0.15, -0.1) is 0 Å². The van der Waals surface area contributed by atoms with Gasteiger partial charge in [0, 0.05) is 28.5 Å². The minimum Gasteiger partial charge on any atom is -0.496 e. The van der Waals surface area contributed by atoms with E-state index in [1.807, 2.05) is 25.1 Å². The van der Waals surface area contributed by atoms with E-state index >= 15 is 0 Å². The Balaban J connectivity index is 2.47. The van der Waals surface area contributed by atoms with Crippen LogP contribution in [0, 0.1) is 0 Å². The van der Waals surface area contributed by atoms with Gasteiger partial charge >= 0.3 is 0 Å². The molecule has 0 saturated heterocycles. The summed E-state index contributed by atoms with van der Waals surface area (Å²) in [5, 5.41) is 4.07. The van der Waals surface area contributed by atoms with Crippen LogP contribution in [-0.4, -0.2) is 23.6 Å². The van der Waals surface area contributed by atoms with Crippen LogP contribution in [-0.2, 0) is 0 Å². The van der Waals surface area contributed by atoms with Gasteiger partial charge in [0.05, 0.1) is 13.2 Å². The van der Waals surface area contributed by atoms with Crippen molar-refractivity contribution in [2.45, 2.75) is 13.0 Å². The number of hydrogen-bond acceptors (Lipinski definition) is 4. The second-order valence-corrected chi connectivity index (χ2v) is 4.49. The maximum atomic E-state index is 6.09. The zero-order valence-electron chi connectivity index (χ0n) is 10.9. The number of ether oxygens (including phenoxy) is 1. The Labute approximate surface area is 117 Å². The molecule has 19 heavy (non-hydrogen) atoms. The summed E-state index contributed by atoms with van der Waals surface area (Å²) in [4.78, 5) is 8.13. The summed E-state index contributed by atoms with van der Waals surface area (Å²) >= 11 is 6.09. The smallest absolute Gasteiger partial charge is 0.124 e. The van der Waals surface area contributed by atoms with E-state index in [1.165, 1.54) is 6.33 Å². The molecular weight excluding hydrogens is 262 g/mol. The summed E-state index contributed by atoms with van der Waals surface area (Å²) in [6.07, 6.45) is 5.10. The fraction of sp³-hybridized carbons (Fsp3) is 0.286. The molecule has 0 spiro atoms. The molecular formula is C14H16ClN3O. The van der Waals surface area contributed by atoms with Crippen molar-refractivity contribution < 1.29 is 4.74 Å². The van der Waals surface area contributed by atoms with Crippen LogP contribution in [0.4, 0.5) is 0 Å². The van der Waals surface area contributed by atoms with Gasteiger partial charge in [-0.25, -0.2) is 9.97 Å². The van der Waals surface area contributed by atoms with Gasteiger partial charge in [0.25, 0.3) is 0 Å². The van der Waals surface area contributed by atoms with Crippen LogP contribution in [0.1, 0.15) is 24.1 Å². The molecule has 1 aromatic carbocycles. The third-order valence-corrected chi connectivity index (χ3v) is 3.06. The number of nitrogens with zero attached hydrogens (tertiary/aromatic N) is 2. The lowest BCUT2D eigenvalue weighted by Gasteiger charge is -2.20. The first-order chi connectivity index (χ1) is 9.26. The lowest BCUT2D eigenvalue weighted by molar-refractivity contribution is 0.404. The molecule has 1 aromatic heterocycles. The number of methoxy groups -OCH3 is 1. The largest absolute Gasteiger partial charge is 0.496 e. The highest BCUT2D eigenvalue weighted by atomic mass is 35.5. The Morgan fingerprint density at radius 1 is 1.32 bits per heavy atom. The van der Waals surface area contributed by atoms with Crippen molar-refractivity contribution in [3.05, 3.63) is 53.1 Å². The van der Waals surface area contributed by atoms with Crippen molar-refractivity contribution in [2.24, 2.45) is 0 Å². The lowest BCUT2D eigenvalue weighted by Crippen LogP contribution is -2.22. The molecule has 1 N–H and O–H groups in total. The van der Waals surface area contributed by atoms with Gasteiger partial charge in [-0.05, 0) is 24.7 Å². The number of rotatable bonds is 5. The van der Waals surface area contributed by atoms with Crippen molar-refractivity contribution in [3.8, 4) is 5.75 Å². The van der Waals surface area contributed by atoms with Gasteiger partial charge < -0.3 is 10.1 Å². The number of benzene rings is 1. The zero-order valence-corrected chi connectivity index (χ0v) is 11.7. The van der Waals surface area contributed by atoms with E-state index in [4.69, 9.17) is 16.3 Å². The quantitative estimate of drug-likeness (QED) is 0.913. The predicted octanol–water partition coefficient (Wildman–Crippen LogP) is 2.84. The molecule has 0 aliphatic carbocycles. The molecule has 0 bridgehead atoms. The van der Waals surface area contributed by atoms with E-state index in [0.717, 1.165) is 23.4 Å². The summed E-state index contributed by atoms with van der Waals surface area (Å²) in [5.41, 5.74) is 1.96. The molecule has 0 saturated carbocycles. The Morgan fingerprint density at radius 3 is 2.68 bits per heavy atom. The van der Waals surface area contributed by atoms with Crippen LogP contribution in [0.15, 0.2) is 36.9 Å². The molecule has 4 nitrogen and oxygen atoms in total. The second-order valence-electron chi connectivity index (χ2n) is 4.05. The molecule has 1 unspecified atom stereocenters. The Bertz CT molecular complexity index is 533. The number of nitrogens with one attached hydrogen (secondary N) is 1. The number of hydrogen-bond donors (Lipinski definition) is 1. The SMILES string of the molecule is CCNC(c1cncnc1)c1cc(Cl)ccc1OC. The van der Waals surface area contributed by atoms with E-state index < -0.39 is 0 Å². The highest BCUT2D eigenvalue weighted by Gasteiger charge is 2.18. The maximum absolute atomic E-state index is 6.09. The summed E-state index contributed by atoms with van der Waals surface area (Å²) in [5.74, 6) is 0.791. The Kier molecular flexibility index (Phi) is 4.71. The molecule has 2 rings (SSSR count). The topological polar surface area (TPSA) is 47.0 Å². The first kappa shape index (κ1) is 13.8. The van der Waals surface area contributed by atoms with Gasteiger partial charge in [0.15, 0.2) is 0 Å². The van der Waals surface area contributed by atoms with Crippen molar-refractivity contribution >= 4 is 11.6 Å². The van der Waals surface area contributed by atoms with E-state index in [1.54, 1.807) is 19.5 Å². The van der Waals surface area contributed by atoms with E-state index in [2.05, 4.69) is 15.3 Å². The molecule has 2 aromatic rings. The standard InChI is InChI=1S/C14H16ClN3O/c1-3-18-14(10-7-16-9-17-8-10)12-6-11(15)4-5-13(12)19-2/h4-9,14,18H,3H2,1-2H3. The fourth-order valence-electron chi connectivity index (χ4n) is 2.00. The van der Waals surface area contributed by atoms with E-state index in [0.29, 0.717) is 5.02 Å². The highest BCUT2D eigenvalue weighted by Crippen LogP contribution is 2.31. The fourth-order valence-corrected chi connectivity index (χ4v) is 2.18. The number of halogens is 1. The minimum absolute atomic E-state index is 0.0418. The van der Waals surface area contributed by atoms with Crippen LogP contribution in [0.3, 0.4) is 0 Å². The van der Waals surface area contributed by atoms with Gasteiger partial charge in [-0.2, -0.15) is 0 Å². The first-order valence-corrected chi connectivity index (χ1v) is 6.45. The average Bonchev–Trinajstić information content (AvgIpc) is 2.45. The Hall–Kier alpha value is -1.65. The zero-order chi connectivity index (χ0) is 13.7. The molecule has 100 valence electrons. The molecule has 0 radical (unpaired) electrons. The van der Waals surface area contributed by atoms with Crippen LogP contribution in [0.5, 0.6) is 5.75 Å². The normalized spacial score (nSPS) is 12.2. The minimum atomic E-state index is -0.0418.